The van der Waals surface area contributed by atoms with Crippen LogP contribution >= 0.6 is 0 Å². The Kier molecular flexibility index (Phi) is 3.46. The van der Waals surface area contributed by atoms with Crippen molar-refractivity contribution in [3.8, 4) is 6.07 Å². The van der Waals surface area contributed by atoms with E-state index in [4.69, 9.17) is 5.26 Å². The quantitative estimate of drug-likeness (QED) is 0.816. The SMILES string of the molecule is Cc1ccc(NC2CCCCC2)c(C#N)c1. The van der Waals surface area contributed by atoms with E-state index < -0.39 is 0 Å². The molecule has 0 aromatic heterocycles. The van der Waals surface area contributed by atoms with Crippen molar-refractivity contribution in [2.24, 2.45) is 0 Å². The molecule has 1 N–H and O–H groups in total. The molecule has 2 nitrogen and oxygen atoms in total. The highest BCUT2D eigenvalue weighted by atomic mass is 14.9. The molecule has 1 aliphatic carbocycles. The summed E-state index contributed by atoms with van der Waals surface area (Å²) >= 11 is 0. The van der Waals surface area contributed by atoms with Gasteiger partial charge < -0.3 is 5.32 Å². The van der Waals surface area contributed by atoms with Gasteiger partial charge in [-0.2, -0.15) is 5.26 Å². The Balaban J connectivity index is 2.11. The molecular weight excluding hydrogens is 196 g/mol. The summed E-state index contributed by atoms with van der Waals surface area (Å²) in [4.78, 5) is 0. The second kappa shape index (κ2) is 5.03. The minimum atomic E-state index is 0.559. The predicted octanol–water partition coefficient (Wildman–Crippen LogP) is 3.61. The van der Waals surface area contributed by atoms with E-state index in [1.165, 1.54) is 32.1 Å². The first-order valence-corrected chi connectivity index (χ1v) is 6.07. The summed E-state index contributed by atoms with van der Waals surface area (Å²) in [7, 11) is 0. The van der Waals surface area contributed by atoms with Crippen molar-refractivity contribution >= 4 is 5.69 Å². The van der Waals surface area contributed by atoms with E-state index in [1.807, 2.05) is 19.1 Å². The van der Waals surface area contributed by atoms with Gasteiger partial charge in [0.2, 0.25) is 0 Å². The molecule has 2 rings (SSSR count). The molecule has 0 amide bonds. The maximum absolute atomic E-state index is 9.08. The van der Waals surface area contributed by atoms with Crippen LogP contribution in [0, 0.1) is 18.3 Å². The molecule has 0 spiro atoms. The van der Waals surface area contributed by atoms with Gasteiger partial charge in [-0.15, -0.1) is 0 Å². The van der Waals surface area contributed by atoms with Gasteiger partial charge in [-0.05, 0) is 37.5 Å². The molecule has 0 saturated heterocycles. The molecule has 0 bridgehead atoms. The molecule has 0 unspecified atom stereocenters. The van der Waals surface area contributed by atoms with Crippen molar-refractivity contribution in [1.82, 2.24) is 0 Å². The fourth-order valence-corrected chi connectivity index (χ4v) is 2.34. The maximum atomic E-state index is 9.08. The largest absolute Gasteiger partial charge is 0.381 e. The number of rotatable bonds is 2. The predicted molar refractivity (Wildman–Crippen MR) is 66.4 cm³/mol. The second-order valence-electron chi connectivity index (χ2n) is 4.64. The number of hydrogen-bond acceptors (Lipinski definition) is 2. The molecule has 84 valence electrons. The lowest BCUT2D eigenvalue weighted by Gasteiger charge is -2.24. The zero-order valence-corrected chi connectivity index (χ0v) is 9.79. The van der Waals surface area contributed by atoms with Crippen LogP contribution in [0.3, 0.4) is 0 Å². The van der Waals surface area contributed by atoms with Crippen LogP contribution in [0.25, 0.3) is 0 Å². The third-order valence-corrected chi connectivity index (χ3v) is 3.26. The van der Waals surface area contributed by atoms with Crippen LogP contribution in [-0.4, -0.2) is 6.04 Å². The van der Waals surface area contributed by atoms with E-state index >= 15 is 0 Å². The Morgan fingerprint density at radius 3 is 2.69 bits per heavy atom. The van der Waals surface area contributed by atoms with E-state index in [2.05, 4.69) is 17.5 Å². The van der Waals surface area contributed by atoms with Gasteiger partial charge in [0.05, 0.1) is 11.3 Å². The number of hydrogen-bond donors (Lipinski definition) is 1. The van der Waals surface area contributed by atoms with Crippen LogP contribution in [-0.2, 0) is 0 Å². The van der Waals surface area contributed by atoms with Crippen molar-refractivity contribution < 1.29 is 0 Å². The van der Waals surface area contributed by atoms with Crippen molar-refractivity contribution in [2.45, 2.75) is 45.1 Å². The molecule has 16 heavy (non-hydrogen) atoms. The summed E-state index contributed by atoms with van der Waals surface area (Å²) in [5, 5.41) is 12.6. The van der Waals surface area contributed by atoms with E-state index in [0.717, 1.165) is 16.8 Å². The highest BCUT2D eigenvalue weighted by Gasteiger charge is 2.14. The van der Waals surface area contributed by atoms with Gasteiger partial charge in [-0.1, -0.05) is 25.3 Å². The summed E-state index contributed by atoms with van der Waals surface area (Å²) in [5.41, 5.74) is 2.91. The van der Waals surface area contributed by atoms with Crippen molar-refractivity contribution in [2.75, 3.05) is 5.32 Å². The van der Waals surface area contributed by atoms with Gasteiger partial charge in [0, 0.05) is 6.04 Å². The Morgan fingerprint density at radius 2 is 2.00 bits per heavy atom. The number of benzene rings is 1. The van der Waals surface area contributed by atoms with Crippen molar-refractivity contribution in [1.29, 1.82) is 5.26 Å². The average Bonchev–Trinajstić information content (AvgIpc) is 2.33. The Labute approximate surface area is 97.3 Å². The molecule has 1 aromatic rings. The minimum Gasteiger partial charge on any atom is -0.381 e. The highest BCUT2D eigenvalue weighted by molar-refractivity contribution is 5.59. The minimum absolute atomic E-state index is 0.559. The zero-order chi connectivity index (χ0) is 11.4. The molecule has 0 radical (unpaired) electrons. The monoisotopic (exact) mass is 214 g/mol. The third-order valence-electron chi connectivity index (χ3n) is 3.26. The van der Waals surface area contributed by atoms with Gasteiger partial charge in [0.15, 0.2) is 0 Å². The second-order valence-corrected chi connectivity index (χ2v) is 4.64. The molecule has 0 heterocycles. The normalized spacial score (nSPS) is 16.8. The van der Waals surface area contributed by atoms with Crippen LogP contribution in [0.1, 0.15) is 43.2 Å². The van der Waals surface area contributed by atoms with Crippen LogP contribution in [0.4, 0.5) is 5.69 Å². The zero-order valence-electron chi connectivity index (χ0n) is 9.79. The van der Waals surface area contributed by atoms with E-state index in [9.17, 15) is 0 Å². The van der Waals surface area contributed by atoms with Gasteiger partial charge in [-0.25, -0.2) is 0 Å². The van der Waals surface area contributed by atoms with E-state index in [0.29, 0.717) is 6.04 Å². The number of anilines is 1. The summed E-state index contributed by atoms with van der Waals surface area (Å²) in [6.45, 7) is 2.02. The molecular formula is C14H18N2. The smallest absolute Gasteiger partial charge is 0.101 e. The van der Waals surface area contributed by atoms with Gasteiger partial charge in [-0.3, -0.25) is 0 Å². The first-order chi connectivity index (χ1) is 7.79. The maximum Gasteiger partial charge on any atom is 0.101 e. The molecule has 1 saturated carbocycles. The molecule has 2 heteroatoms. The van der Waals surface area contributed by atoms with Crippen LogP contribution in [0.15, 0.2) is 18.2 Å². The Hall–Kier alpha value is -1.49. The summed E-state index contributed by atoms with van der Waals surface area (Å²) < 4.78 is 0. The lowest BCUT2D eigenvalue weighted by atomic mass is 9.95. The lowest BCUT2D eigenvalue weighted by molar-refractivity contribution is 0.462. The van der Waals surface area contributed by atoms with Crippen LogP contribution < -0.4 is 5.32 Å². The van der Waals surface area contributed by atoms with Crippen LogP contribution in [0.5, 0.6) is 0 Å². The van der Waals surface area contributed by atoms with E-state index in [1.54, 1.807) is 0 Å². The molecule has 1 fully saturated rings. The van der Waals surface area contributed by atoms with E-state index in [-0.39, 0.29) is 0 Å². The van der Waals surface area contributed by atoms with Gasteiger partial charge >= 0.3 is 0 Å². The first-order valence-electron chi connectivity index (χ1n) is 6.07. The number of nitrogens with zero attached hydrogens (tertiary/aromatic N) is 1. The van der Waals surface area contributed by atoms with Gasteiger partial charge in [0.1, 0.15) is 6.07 Å². The fourth-order valence-electron chi connectivity index (χ4n) is 2.34. The topological polar surface area (TPSA) is 35.8 Å². The number of nitrogens with one attached hydrogen (secondary N) is 1. The highest BCUT2D eigenvalue weighted by Crippen LogP contribution is 2.24. The molecule has 0 aliphatic heterocycles. The summed E-state index contributed by atoms with van der Waals surface area (Å²) in [5.74, 6) is 0. The lowest BCUT2D eigenvalue weighted by Crippen LogP contribution is -2.22. The summed E-state index contributed by atoms with van der Waals surface area (Å²) in [6.07, 6.45) is 6.45. The first kappa shape index (κ1) is 11.0. The van der Waals surface area contributed by atoms with Crippen molar-refractivity contribution in [3.63, 3.8) is 0 Å². The molecule has 1 aromatic carbocycles. The summed E-state index contributed by atoms with van der Waals surface area (Å²) in [6, 6.07) is 8.86. The number of aryl methyl sites for hydroxylation is 1. The standard InChI is InChI=1S/C14H18N2/c1-11-7-8-14(12(9-11)10-15)16-13-5-3-2-4-6-13/h7-9,13,16H,2-6H2,1H3. The van der Waals surface area contributed by atoms with Gasteiger partial charge in [0.25, 0.3) is 0 Å². The van der Waals surface area contributed by atoms with Crippen LogP contribution in [0.2, 0.25) is 0 Å². The Morgan fingerprint density at radius 1 is 1.25 bits per heavy atom. The van der Waals surface area contributed by atoms with Crippen molar-refractivity contribution in [3.05, 3.63) is 29.3 Å². The third kappa shape index (κ3) is 2.55. The average molecular weight is 214 g/mol. The number of nitriles is 1. The Bertz CT molecular complexity index is 398. The molecule has 0 atom stereocenters. The fraction of sp³-hybridized carbons (Fsp3) is 0.500. The molecule has 1 aliphatic rings.